The third kappa shape index (κ3) is 2.44. The van der Waals surface area contributed by atoms with Gasteiger partial charge in [-0.2, -0.15) is 0 Å². The SMILES string of the molecule is CCCn1nncc1C(N)c1csc(I)c1. The maximum Gasteiger partial charge on any atom is 0.0800 e. The Morgan fingerprint density at radius 3 is 3.06 bits per heavy atom. The van der Waals surface area contributed by atoms with Gasteiger partial charge in [0, 0.05) is 6.54 Å². The molecule has 1 atom stereocenters. The zero-order valence-corrected chi connectivity index (χ0v) is 11.9. The highest BCUT2D eigenvalue weighted by Gasteiger charge is 2.15. The lowest BCUT2D eigenvalue weighted by Gasteiger charge is -2.11. The van der Waals surface area contributed by atoms with E-state index in [1.807, 2.05) is 4.68 Å². The van der Waals surface area contributed by atoms with Gasteiger partial charge in [-0.1, -0.05) is 12.1 Å². The Kier molecular flexibility index (Phi) is 3.93. The highest BCUT2D eigenvalue weighted by Crippen LogP contribution is 2.25. The molecule has 0 amide bonds. The molecule has 86 valence electrons. The molecular formula is C10H13IN4S. The molecule has 2 rings (SSSR count). The first-order valence-corrected chi connectivity index (χ1v) is 7.06. The molecule has 2 N–H and O–H groups in total. The minimum absolute atomic E-state index is 0.124. The van der Waals surface area contributed by atoms with Crippen LogP contribution in [0.2, 0.25) is 0 Å². The molecule has 0 fully saturated rings. The molecule has 1 unspecified atom stereocenters. The normalized spacial score (nSPS) is 12.9. The first kappa shape index (κ1) is 12.0. The van der Waals surface area contributed by atoms with Crippen LogP contribution in [0.15, 0.2) is 17.6 Å². The van der Waals surface area contributed by atoms with Crippen LogP contribution in [-0.2, 0) is 6.54 Å². The van der Waals surface area contributed by atoms with E-state index >= 15 is 0 Å². The predicted molar refractivity (Wildman–Crippen MR) is 73.4 cm³/mol. The van der Waals surface area contributed by atoms with Crippen molar-refractivity contribution < 1.29 is 0 Å². The number of hydrogen-bond donors (Lipinski definition) is 1. The number of nitrogens with two attached hydrogens (primary N) is 1. The second-order valence-electron chi connectivity index (χ2n) is 3.54. The predicted octanol–water partition coefficient (Wildman–Crippen LogP) is 2.40. The lowest BCUT2D eigenvalue weighted by Crippen LogP contribution is -2.17. The number of hydrogen-bond acceptors (Lipinski definition) is 4. The Hall–Kier alpha value is -0.470. The molecule has 0 aliphatic heterocycles. The van der Waals surface area contributed by atoms with Gasteiger partial charge in [-0.25, -0.2) is 4.68 Å². The van der Waals surface area contributed by atoms with Gasteiger partial charge in [-0.15, -0.1) is 16.4 Å². The lowest BCUT2D eigenvalue weighted by atomic mass is 10.1. The fourth-order valence-electron chi connectivity index (χ4n) is 1.55. The molecule has 2 aromatic rings. The van der Waals surface area contributed by atoms with Gasteiger partial charge in [0.2, 0.25) is 0 Å². The van der Waals surface area contributed by atoms with E-state index in [1.165, 1.54) is 2.88 Å². The molecule has 0 aliphatic carbocycles. The summed E-state index contributed by atoms with van der Waals surface area (Å²) >= 11 is 4.01. The van der Waals surface area contributed by atoms with Crippen LogP contribution in [0.1, 0.15) is 30.6 Å². The fourth-order valence-corrected chi connectivity index (χ4v) is 2.96. The summed E-state index contributed by atoms with van der Waals surface area (Å²) in [5.74, 6) is 0. The summed E-state index contributed by atoms with van der Waals surface area (Å²) in [6.07, 6.45) is 2.79. The van der Waals surface area contributed by atoms with Gasteiger partial charge < -0.3 is 5.73 Å². The van der Waals surface area contributed by atoms with E-state index in [0.717, 1.165) is 24.2 Å². The Morgan fingerprint density at radius 1 is 1.62 bits per heavy atom. The molecule has 2 aromatic heterocycles. The summed E-state index contributed by atoms with van der Waals surface area (Å²) in [4.78, 5) is 0. The maximum absolute atomic E-state index is 6.21. The van der Waals surface area contributed by atoms with E-state index in [1.54, 1.807) is 17.5 Å². The average Bonchev–Trinajstić information content (AvgIpc) is 2.87. The van der Waals surface area contributed by atoms with Crippen molar-refractivity contribution in [3.63, 3.8) is 0 Å². The van der Waals surface area contributed by atoms with Crippen LogP contribution in [0.3, 0.4) is 0 Å². The minimum atomic E-state index is -0.124. The molecule has 0 aromatic carbocycles. The van der Waals surface area contributed by atoms with Gasteiger partial charge >= 0.3 is 0 Å². The molecule has 2 heterocycles. The van der Waals surface area contributed by atoms with Crippen LogP contribution in [0, 0.1) is 2.88 Å². The largest absolute Gasteiger partial charge is 0.319 e. The second kappa shape index (κ2) is 5.24. The summed E-state index contributed by atoms with van der Waals surface area (Å²) in [7, 11) is 0. The zero-order valence-electron chi connectivity index (χ0n) is 8.93. The van der Waals surface area contributed by atoms with Crippen molar-refractivity contribution in [2.24, 2.45) is 5.73 Å². The van der Waals surface area contributed by atoms with Crippen LogP contribution < -0.4 is 5.73 Å². The van der Waals surface area contributed by atoms with Gasteiger partial charge in [-0.3, -0.25) is 0 Å². The van der Waals surface area contributed by atoms with Crippen molar-refractivity contribution in [2.75, 3.05) is 0 Å². The zero-order chi connectivity index (χ0) is 11.5. The molecule has 0 saturated heterocycles. The smallest absolute Gasteiger partial charge is 0.0800 e. The molecule has 16 heavy (non-hydrogen) atoms. The van der Waals surface area contributed by atoms with E-state index in [9.17, 15) is 0 Å². The van der Waals surface area contributed by atoms with Crippen LogP contribution in [0.5, 0.6) is 0 Å². The summed E-state index contributed by atoms with van der Waals surface area (Å²) in [5.41, 5.74) is 8.32. The number of aromatic nitrogens is 3. The van der Waals surface area contributed by atoms with Gasteiger partial charge in [0.1, 0.15) is 0 Å². The van der Waals surface area contributed by atoms with Gasteiger partial charge in [0.05, 0.1) is 20.8 Å². The topological polar surface area (TPSA) is 56.7 Å². The standard InChI is InChI=1S/C10H13IN4S/c1-2-3-15-8(5-13-14-15)10(12)7-4-9(11)16-6-7/h4-6,10H,2-3,12H2,1H3. The molecule has 0 spiro atoms. The number of nitrogens with zero attached hydrogens (tertiary/aromatic N) is 3. The lowest BCUT2D eigenvalue weighted by molar-refractivity contribution is 0.544. The highest BCUT2D eigenvalue weighted by atomic mass is 127. The molecule has 0 aliphatic rings. The van der Waals surface area contributed by atoms with Crippen LogP contribution in [0.4, 0.5) is 0 Å². The average molecular weight is 348 g/mol. The van der Waals surface area contributed by atoms with Gasteiger partial charge in [0.25, 0.3) is 0 Å². The molecule has 0 bridgehead atoms. The van der Waals surface area contributed by atoms with Crippen molar-refractivity contribution in [2.45, 2.75) is 25.9 Å². The van der Waals surface area contributed by atoms with E-state index in [0.29, 0.717) is 0 Å². The van der Waals surface area contributed by atoms with Gasteiger partial charge in [0.15, 0.2) is 0 Å². The van der Waals surface area contributed by atoms with Crippen molar-refractivity contribution in [1.82, 2.24) is 15.0 Å². The monoisotopic (exact) mass is 348 g/mol. The number of rotatable bonds is 4. The Balaban J connectivity index is 2.26. The Morgan fingerprint density at radius 2 is 2.44 bits per heavy atom. The van der Waals surface area contributed by atoms with Crippen molar-refractivity contribution in [3.8, 4) is 0 Å². The van der Waals surface area contributed by atoms with E-state index in [-0.39, 0.29) is 6.04 Å². The first-order chi connectivity index (χ1) is 7.72. The quantitative estimate of drug-likeness (QED) is 0.864. The van der Waals surface area contributed by atoms with E-state index in [4.69, 9.17) is 5.73 Å². The van der Waals surface area contributed by atoms with Crippen LogP contribution in [-0.4, -0.2) is 15.0 Å². The van der Waals surface area contributed by atoms with Crippen molar-refractivity contribution in [1.29, 1.82) is 0 Å². The third-order valence-electron chi connectivity index (χ3n) is 2.35. The van der Waals surface area contributed by atoms with Crippen molar-refractivity contribution >= 4 is 33.9 Å². The Bertz CT molecular complexity index is 465. The molecule has 0 radical (unpaired) electrons. The summed E-state index contributed by atoms with van der Waals surface area (Å²) < 4.78 is 3.13. The second-order valence-corrected chi connectivity index (χ2v) is 6.35. The van der Waals surface area contributed by atoms with Crippen LogP contribution in [0.25, 0.3) is 0 Å². The number of aryl methyl sites for hydroxylation is 1. The molecular weight excluding hydrogens is 335 g/mol. The number of thiophene rings is 1. The summed E-state index contributed by atoms with van der Waals surface area (Å²) in [6, 6.07) is 1.99. The summed E-state index contributed by atoms with van der Waals surface area (Å²) in [5, 5.41) is 10.1. The van der Waals surface area contributed by atoms with Crippen molar-refractivity contribution in [3.05, 3.63) is 31.8 Å². The Labute approximate surface area is 112 Å². The molecule has 6 heteroatoms. The van der Waals surface area contributed by atoms with Crippen LogP contribution >= 0.6 is 33.9 Å². The highest BCUT2D eigenvalue weighted by molar-refractivity contribution is 14.1. The molecule has 0 saturated carbocycles. The van der Waals surface area contributed by atoms with Gasteiger partial charge in [-0.05, 0) is 46.0 Å². The van der Waals surface area contributed by atoms with E-state index < -0.39 is 0 Å². The molecule has 4 nitrogen and oxygen atoms in total. The maximum atomic E-state index is 6.21. The number of halogens is 1. The summed E-state index contributed by atoms with van der Waals surface area (Å²) in [6.45, 7) is 2.98. The third-order valence-corrected chi connectivity index (χ3v) is 4.16. The first-order valence-electron chi connectivity index (χ1n) is 5.10. The fraction of sp³-hybridized carbons (Fsp3) is 0.400. The van der Waals surface area contributed by atoms with E-state index in [2.05, 4.69) is 51.3 Å². The minimum Gasteiger partial charge on any atom is -0.319 e.